The number of carbonyl (C=O) groups excluding carboxylic acids is 1. The number of hydrogen-bond acceptors (Lipinski definition) is 2. The maximum absolute atomic E-state index is 12.1. The number of aryl methyl sites for hydroxylation is 1. The van der Waals surface area contributed by atoms with E-state index in [1.54, 1.807) is 0 Å². The smallest absolute Gasteiger partial charge is 0.316 e. The summed E-state index contributed by atoms with van der Waals surface area (Å²) in [6.45, 7) is 4.20. The third-order valence-corrected chi connectivity index (χ3v) is 4.37. The molecule has 1 aliphatic rings. The summed E-state index contributed by atoms with van der Waals surface area (Å²) >= 11 is 0. The third kappa shape index (κ3) is 1.74. The fourth-order valence-electron chi connectivity index (χ4n) is 3.05. The zero-order valence-electron chi connectivity index (χ0n) is 11.6. The molecule has 2 nitrogen and oxygen atoms in total. The fraction of sp³-hybridized carbons (Fsp3) is 0.353. The summed E-state index contributed by atoms with van der Waals surface area (Å²) in [5.41, 5.74) is 1.93. The van der Waals surface area contributed by atoms with Crippen molar-refractivity contribution >= 4 is 16.7 Å². The molecule has 2 heteroatoms. The summed E-state index contributed by atoms with van der Waals surface area (Å²) in [4.78, 5) is 12.1. The first kappa shape index (κ1) is 12.2. The molecule has 3 rings (SSSR count). The standard InChI is InChI=1S/C17H18O2/c1-11-4-5-14-9-15(7-6-13(14)8-11)17(10-12(17)2)16(18)19-3/h4-9,12H,10H2,1-3H3. The van der Waals surface area contributed by atoms with Gasteiger partial charge in [-0.25, -0.2) is 0 Å². The van der Waals surface area contributed by atoms with E-state index in [0.717, 1.165) is 12.0 Å². The van der Waals surface area contributed by atoms with Gasteiger partial charge >= 0.3 is 5.97 Å². The zero-order valence-corrected chi connectivity index (χ0v) is 11.6. The molecular weight excluding hydrogens is 236 g/mol. The molecule has 0 radical (unpaired) electrons. The molecule has 0 spiro atoms. The van der Waals surface area contributed by atoms with Crippen LogP contribution in [0.25, 0.3) is 10.8 Å². The van der Waals surface area contributed by atoms with Crippen LogP contribution in [0.15, 0.2) is 36.4 Å². The molecule has 1 saturated carbocycles. The Morgan fingerprint density at radius 1 is 1.21 bits per heavy atom. The largest absolute Gasteiger partial charge is 0.468 e. The number of esters is 1. The van der Waals surface area contributed by atoms with Crippen molar-refractivity contribution in [2.45, 2.75) is 25.7 Å². The van der Waals surface area contributed by atoms with E-state index in [0.29, 0.717) is 5.92 Å². The van der Waals surface area contributed by atoms with Gasteiger partial charge in [0.05, 0.1) is 12.5 Å². The zero-order chi connectivity index (χ0) is 13.6. The lowest BCUT2D eigenvalue weighted by Crippen LogP contribution is -2.24. The van der Waals surface area contributed by atoms with Crippen molar-refractivity contribution in [1.29, 1.82) is 0 Å². The van der Waals surface area contributed by atoms with Gasteiger partial charge in [-0.3, -0.25) is 4.79 Å². The normalized spacial score (nSPS) is 25.3. The molecule has 0 heterocycles. The van der Waals surface area contributed by atoms with E-state index in [2.05, 4.69) is 50.2 Å². The Balaban J connectivity index is 2.11. The van der Waals surface area contributed by atoms with Crippen molar-refractivity contribution in [2.24, 2.45) is 5.92 Å². The van der Waals surface area contributed by atoms with Crippen LogP contribution in [0.3, 0.4) is 0 Å². The number of fused-ring (bicyclic) bond motifs is 1. The summed E-state index contributed by atoms with van der Waals surface area (Å²) in [7, 11) is 1.47. The molecule has 2 aromatic carbocycles. The Morgan fingerprint density at radius 2 is 1.84 bits per heavy atom. The van der Waals surface area contributed by atoms with Crippen LogP contribution in [-0.4, -0.2) is 13.1 Å². The number of rotatable bonds is 2. The molecule has 0 N–H and O–H groups in total. The van der Waals surface area contributed by atoms with Gasteiger partial charge in [-0.1, -0.05) is 42.8 Å². The average molecular weight is 254 g/mol. The molecule has 1 aliphatic carbocycles. The van der Waals surface area contributed by atoms with Gasteiger partial charge in [-0.2, -0.15) is 0 Å². The van der Waals surface area contributed by atoms with Gasteiger partial charge in [0.1, 0.15) is 0 Å². The maximum atomic E-state index is 12.1. The minimum atomic E-state index is -0.409. The Morgan fingerprint density at radius 3 is 2.47 bits per heavy atom. The van der Waals surface area contributed by atoms with Gasteiger partial charge in [0, 0.05) is 0 Å². The van der Waals surface area contributed by atoms with E-state index in [1.165, 1.54) is 23.4 Å². The van der Waals surface area contributed by atoms with Crippen molar-refractivity contribution < 1.29 is 9.53 Å². The van der Waals surface area contributed by atoms with Gasteiger partial charge in [0.25, 0.3) is 0 Å². The molecule has 0 aromatic heterocycles. The summed E-state index contributed by atoms with van der Waals surface area (Å²) in [6, 6.07) is 12.7. The highest BCUT2D eigenvalue weighted by atomic mass is 16.5. The molecule has 98 valence electrons. The molecule has 2 atom stereocenters. The predicted octanol–water partition coefficient (Wildman–Crippen LogP) is 3.60. The van der Waals surface area contributed by atoms with E-state index in [4.69, 9.17) is 4.74 Å². The van der Waals surface area contributed by atoms with Crippen LogP contribution in [0.5, 0.6) is 0 Å². The number of carbonyl (C=O) groups is 1. The topological polar surface area (TPSA) is 26.3 Å². The Hall–Kier alpha value is -1.83. The van der Waals surface area contributed by atoms with Crippen LogP contribution in [-0.2, 0) is 14.9 Å². The second-order valence-electron chi connectivity index (χ2n) is 5.63. The van der Waals surface area contributed by atoms with Gasteiger partial charge in [-0.05, 0) is 41.7 Å². The Labute approximate surface area is 113 Å². The molecule has 0 aliphatic heterocycles. The number of benzene rings is 2. The number of hydrogen-bond donors (Lipinski definition) is 0. The average Bonchev–Trinajstić information content (AvgIpc) is 3.10. The fourth-order valence-corrected chi connectivity index (χ4v) is 3.05. The van der Waals surface area contributed by atoms with Crippen molar-refractivity contribution in [2.75, 3.05) is 7.11 Å². The van der Waals surface area contributed by atoms with Gasteiger partial charge in [0.2, 0.25) is 0 Å². The minimum absolute atomic E-state index is 0.105. The third-order valence-electron chi connectivity index (χ3n) is 4.37. The van der Waals surface area contributed by atoms with Crippen LogP contribution >= 0.6 is 0 Å². The van der Waals surface area contributed by atoms with E-state index in [9.17, 15) is 4.79 Å². The first-order valence-electron chi connectivity index (χ1n) is 6.67. The van der Waals surface area contributed by atoms with Crippen molar-refractivity contribution in [3.05, 3.63) is 47.5 Å². The molecule has 19 heavy (non-hydrogen) atoms. The number of methoxy groups -OCH3 is 1. The van der Waals surface area contributed by atoms with Crippen LogP contribution in [0, 0.1) is 12.8 Å². The highest BCUT2D eigenvalue weighted by molar-refractivity contribution is 5.91. The lowest BCUT2D eigenvalue weighted by molar-refractivity contribution is -0.144. The van der Waals surface area contributed by atoms with E-state index in [1.807, 2.05) is 0 Å². The van der Waals surface area contributed by atoms with Crippen molar-refractivity contribution in [3.63, 3.8) is 0 Å². The molecule has 2 unspecified atom stereocenters. The van der Waals surface area contributed by atoms with Gasteiger partial charge in [-0.15, -0.1) is 0 Å². The molecular formula is C17H18O2. The summed E-state index contributed by atoms with van der Waals surface area (Å²) < 4.78 is 4.99. The first-order chi connectivity index (χ1) is 9.07. The van der Waals surface area contributed by atoms with Crippen LogP contribution in [0.1, 0.15) is 24.5 Å². The van der Waals surface area contributed by atoms with E-state index >= 15 is 0 Å². The monoisotopic (exact) mass is 254 g/mol. The first-order valence-corrected chi connectivity index (χ1v) is 6.67. The highest BCUT2D eigenvalue weighted by Gasteiger charge is 2.59. The Kier molecular flexibility index (Phi) is 2.63. The Bertz CT molecular complexity index is 659. The minimum Gasteiger partial charge on any atom is -0.468 e. The van der Waals surface area contributed by atoms with E-state index < -0.39 is 5.41 Å². The van der Waals surface area contributed by atoms with Crippen LogP contribution < -0.4 is 0 Å². The van der Waals surface area contributed by atoms with Gasteiger partial charge < -0.3 is 4.74 Å². The molecule has 0 saturated heterocycles. The quantitative estimate of drug-likeness (QED) is 0.765. The second-order valence-corrected chi connectivity index (χ2v) is 5.63. The molecule has 2 aromatic rings. The summed E-state index contributed by atoms with van der Waals surface area (Å²) in [6.07, 6.45) is 0.886. The van der Waals surface area contributed by atoms with Crippen LogP contribution in [0.2, 0.25) is 0 Å². The lowest BCUT2D eigenvalue weighted by atomic mass is 9.91. The van der Waals surface area contributed by atoms with E-state index in [-0.39, 0.29) is 5.97 Å². The van der Waals surface area contributed by atoms with Gasteiger partial charge in [0.15, 0.2) is 0 Å². The second kappa shape index (κ2) is 4.09. The molecule has 1 fully saturated rings. The van der Waals surface area contributed by atoms with Crippen molar-refractivity contribution in [3.8, 4) is 0 Å². The summed E-state index contributed by atoms with van der Waals surface area (Å²) in [5, 5.41) is 2.41. The SMILES string of the molecule is COC(=O)C1(c2ccc3cc(C)ccc3c2)CC1C. The molecule has 0 bridgehead atoms. The van der Waals surface area contributed by atoms with Crippen molar-refractivity contribution in [1.82, 2.24) is 0 Å². The number of ether oxygens (including phenoxy) is 1. The van der Waals surface area contributed by atoms with Crippen LogP contribution in [0.4, 0.5) is 0 Å². The summed E-state index contributed by atoms with van der Waals surface area (Å²) in [5.74, 6) is 0.259. The highest BCUT2D eigenvalue weighted by Crippen LogP contribution is 2.55. The maximum Gasteiger partial charge on any atom is 0.316 e. The lowest BCUT2D eigenvalue weighted by Gasteiger charge is -2.15. The predicted molar refractivity (Wildman–Crippen MR) is 76.2 cm³/mol. The molecule has 0 amide bonds.